The van der Waals surface area contributed by atoms with E-state index in [4.69, 9.17) is 0 Å². The normalized spacial score (nSPS) is 15.0. The Morgan fingerprint density at radius 3 is 2.35 bits per heavy atom. The van der Waals surface area contributed by atoms with Crippen molar-refractivity contribution in [2.24, 2.45) is 0 Å². The lowest BCUT2D eigenvalue weighted by molar-refractivity contribution is 0.0953. The van der Waals surface area contributed by atoms with E-state index in [1.807, 2.05) is 18.7 Å². The highest BCUT2D eigenvalue weighted by Gasteiger charge is 2.14. The molecule has 5 nitrogen and oxygen atoms in total. The zero-order valence-electron chi connectivity index (χ0n) is 18.1. The molecule has 1 amide bonds. The first kappa shape index (κ1) is 23.8. The zero-order chi connectivity index (χ0) is 22.1. The molecule has 168 valence electrons. The van der Waals surface area contributed by atoms with Gasteiger partial charge in [-0.1, -0.05) is 49.1 Å². The average molecular weight is 461 g/mol. The molecule has 2 aromatic carbocycles. The van der Waals surface area contributed by atoms with Crippen molar-refractivity contribution in [2.45, 2.75) is 62.1 Å². The molecular formula is C24H32N2O3S2. The first-order valence-electron chi connectivity index (χ1n) is 11.0. The number of benzene rings is 2. The molecule has 0 spiro atoms. The van der Waals surface area contributed by atoms with Gasteiger partial charge in [0.2, 0.25) is 10.0 Å². The van der Waals surface area contributed by atoms with Crippen LogP contribution in [0.25, 0.3) is 0 Å². The number of hydrogen-bond acceptors (Lipinski definition) is 4. The van der Waals surface area contributed by atoms with Gasteiger partial charge in [-0.15, -0.1) is 0 Å². The van der Waals surface area contributed by atoms with Gasteiger partial charge in [-0.25, -0.2) is 13.1 Å². The molecule has 1 aliphatic carbocycles. The minimum atomic E-state index is -3.56. The van der Waals surface area contributed by atoms with Gasteiger partial charge in [0, 0.05) is 23.9 Å². The Bertz CT molecular complexity index is 936. The topological polar surface area (TPSA) is 75.3 Å². The van der Waals surface area contributed by atoms with E-state index < -0.39 is 10.0 Å². The number of amides is 1. The lowest BCUT2D eigenvalue weighted by Gasteiger charge is -2.20. The van der Waals surface area contributed by atoms with Crippen molar-refractivity contribution in [1.82, 2.24) is 10.0 Å². The Morgan fingerprint density at radius 2 is 1.68 bits per heavy atom. The SMILES string of the molecule is Cc1ccc(S(=O)(=O)NCc2ccc(C(=O)NCCCSC3CCCCC3)cc2)cc1. The molecule has 1 saturated carbocycles. The van der Waals surface area contributed by atoms with E-state index in [-0.39, 0.29) is 17.3 Å². The summed E-state index contributed by atoms with van der Waals surface area (Å²) in [6.07, 6.45) is 7.75. The van der Waals surface area contributed by atoms with Crippen LogP contribution in [-0.4, -0.2) is 31.9 Å². The Hall–Kier alpha value is -1.83. The van der Waals surface area contributed by atoms with Gasteiger partial charge >= 0.3 is 0 Å². The fraction of sp³-hybridized carbons (Fsp3) is 0.458. The third-order valence-electron chi connectivity index (χ3n) is 5.53. The Kier molecular flexibility index (Phi) is 8.99. The third-order valence-corrected chi connectivity index (χ3v) is 8.41. The molecule has 2 aromatic rings. The minimum absolute atomic E-state index is 0.0885. The minimum Gasteiger partial charge on any atom is -0.352 e. The molecule has 1 fully saturated rings. The molecule has 2 N–H and O–H groups in total. The second kappa shape index (κ2) is 11.7. The van der Waals surface area contributed by atoms with E-state index in [0.29, 0.717) is 12.1 Å². The molecule has 0 saturated heterocycles. The molecular weight excluding hydrogens is 428 g/mol. The number of sulfonamides is 1. The van der Waals surface area contributed by atoms with Gasteiger partial charge in [0.1, 0.15) is 0 Å². The Balaban J connectivity index is 1.39. The summed E-state index contributed by atoms with van der Waals surface area (Å²) in [7, 11) is -3.56. The Labute approximate surface area is 190 Å². The summed E-state index contributed by atoms with van der Waals surface area (Å²) < 4.78 is 27.4. The fourth-order valence-corrected chi connectivity index (χ4v) is 5.94. The summed E-state index contributed by atoms with van der Waals surface area (Å²) in [5.74, 6) is 1.000. The highest BCUT2D eigenvalue weighted by Crippen LogP contribution is 2.28. The number of hydrogen-bond donors (Lipinski definition) is 2. The summed E-state index contributed by atoms with van der Waals surface area (Å²) in [5.41, 5.74) is 2.40. The number of carbonyl (C=O) groups excluding carboxylic acids is 1. The standard InChI is InChI=1S/C24H32N2O3S2/c1-19-8-14-23(15-9-19)31(28,29)26-18-20-10-12-21(13-11-20)24(27)25-16-5-17-30-22-6-3-2-4-7-22/h8-15,22,26H,2-7,16-18H2,1H3,(H,25,27). The van der Waals surface area contributed by atoms with Crippen molar-refractivity contribution in [3.63, 3.8) is 0 Å². The van der Waals surface area contributed by atoms with Crippen LogP contribution in [0.1, 0.15) is 60.0 Å². The van der Waals surface area contributed by atoms with E-state index in [2.05, 4.69) is 10.0 Å². The maximum absolute atomic E-state index is 12.4. The van der Waals surface area contributed by atoms with Crippen LogP contribution in [0, 0.1) is 6.92 Å². The second-order valence-corrected chi connectivity index (χ2v) is 11.2. The van der Waals surface area contributed by atoms with Gasteiger partial charge in [0.25, 0.3) is 5.91 Å². The second-order valence-electron chi connectivity index (χ2n) is 8.07. The van der Waals surface area contributed by atoms with Crippen LogP contribution in [-0.2, 0) is 16.6 Å². The largest absolute Gasteiger partial charge is 0.352 e. The van der Waals surface area contributed by atoms with Crippen LogP contribution in [0.2, 0.25) is 0 Å². The number of rotatable bonds is 10. The predicted molar refractivity (Wildman–Crippen MR) is 128 cm³/mol. The summed E-state index contributed by atoms with van der Waals surface area (Å²) in [5, 5.41) is 3.78. The third kappa shape index (κ3) is 7.66. The smallest absolute Gasteiger partial charge is 0.251 e. The summed E-state index contributed by atoms with van der Waals surface area (Å²) in [6.45, 7) is 2.77. The van der Waals surface area contributed by atoms with Crippen LogP contribution in [0.15, 0.2) is 53.4 Å². The van der Waals surface area contributed by atoms with Crippen molar-refractivity contribution >= 4 is 27.7 Å². The van der Waals surface area contributed by atoms with Crippen molar-refractivity contribution in [3.05, 3.63) is 65.2 Å². The van der Waals surface area contributed by atoms with E-state index in [1.165, 1.54) is 32.1 Å². The maximum Gasteiger partial charge on any atom is 0.251 e. The molecule has 3 rings (SSSR count). The summed E-state index contributed by atoms with van der Waals surface area (Å²) >= 11 is 2.05. The molecule has 7 heteroatoms. The van der Waals surface area contributed by atoms with Crippen LogP contribution >= 0.6 is 11.8 Å². The number of aryl methyl sites for hydroxylation is 1. The van der Waals surface area contributed by atoms with Crippen molar-refractivity contribution in [1.29, 1.82) is 0 Å². The molecule has 1 aliphatic rings. The highest BCUT2D eigenvalue weighted by atomic mass is 32.2. The highest BCUT2D eigenvalue weighted by molar-refractivity contribution is 7.99. The summed E-state index contributed by atoms with van der Waals surface area (Å²) in [6, 6.07) is 13.8. The van der Waals surface area contributed by atoms with Gasteiger partial charge in [-0.05, 0) is 61.8 Å². The number of carbonyl (C=O) groups is 1. The predicted octanol–water partition coefficient (Wildman–Crippen LogP) is 4.66. The lowest BCUT2D eigenvalue weighted by atomic mass is 10.0. The quantitative estimate of drug-likeness (QED) is 0.506. The molecule has 0 aliphatic heterocycles. The van der Waals surface area contributed by atoms with E-state index in [0.717, 1.165) is 28.6 Å². The van der Waals surface area contributed by atoms with Crippen LogP contribution in [0.3, 0.4) is 0 Å². The molecule has 0 radical (unpaired) electrons. The van der Waals surface area contributed by atoms with E-state index in [9.17, 15) is 13.2 Å². The van der Waals surface area contributed by atoms with E-state index >= 15 is 0 Å². The zero-order valence-corrected chi connectivity index (χ0v) is 19.7. The molecule has 0 heterocycles. The molecule has 0 atom stereocenters. The first-order valence-corrected chi connectivity index (χ1v) is 13.5. The van der Waals surface area contributed by atoms with Crippen molar-refractivity contribution < 1.29 is 13.2 Å². The molecule has 0 bridgehead atoms. The van der Waals surface area contributed by atoms with Gasteiger partial charge in [-0.2, -0.15) is 11.8 Å². The van der Waals surface area contributed by atoms with E-state index in [1.54, 1.807) is 48.5 Å². The van der Waals surface area contributed by atoms with Gasteiger partial charge in [-0.3, -0.25) is 4.79 Å². The average Bonchev–Trinajstić information content (AvgIpc) is 2.79. The first-order chi connectivity index (χ1) is 14.9. The van der Waals surface area contributed by atoms with Crippen LogP contribution in [0.5, 0.6) is 0 Å². The van der Waals surface area contributed by atoms with Gasteiger partial charge in [0.05, 0.1) is 4.90 Å². The van der Waals surface area contributed by atoms with Crippen molar-refractivity contribution in [2.75, 3.05) is 12.3 Å². The molecule has 31 heavy (non-hydrogen) atoms. The Morgan fingerprint density at radius 1 is 1.00 bits per heavy atom. The van der Waals surface area contributed by atoms with Crippen LogP contribution < -0.4 is 10.0 Å². The lowest BCUT2D eigenvalue weighted by Crippen LogP contribution is -2.25. The summed E-state index contributed by atoms with van der Waals surface area (Å²) in [4.78, 5) is 12.6. The van der Waals surface area contributed by atoms with Gasteiger partial charge in [0.15, 0.2) is 0 Å². The number of thioether (sulfide) groups is 1. The van der Waals surface area contributed by atoms with Crippen molar-refractivity contribution in [3.8, 4) is 0 Å². The monoisotopic (exact) mass is 460 g/mol. The van der Waals surface area contributed by atoms with Gasteiger partial charge < -0.3 is 5.32 Å². The maximum atomic E-state index is 12.4. The van der Waals surface area contributed by atoms with Crippen LogP contribution in [0.4, 0.5) is 0 Å². The molecule has 0 aromatic heterocycles. The number of nitrogens with one attached hydrogen (secondary N) is 2. The fourth-order valence-electron chi connectivity index (χ4n) is 3.61. The molecule has 0 unspecified atom stereocenters.